The van der Waals surface area contributed by atoms with Crippen LogP contribution in [0.4, 0.5) is 5.69 Å². The lowest BCUT2D eigenvalue weighted by Crippen LogP contribution is -2.23. The first-order valence-corrected chi connectivity index (χ1v) is 8.87. The molecule has 0 bridgehead atoms. The highest BCUT2D eigenvalue weighted by molar-refractivity contribution is 7.09. The number of nitrogens with one attached hydrogen (secondary N) is 1. The molecule has 0 saturated heterocycles. The van der Waals surface area contributed by atoms with E-state index in [9.17, 15) is 0 Å². The fraction of sp³-hybridized carbons (Fsp3) is 0.444. The second-order valence-electron chi connectivity index (χ2n) is 6.57. The average Bonchev–Trinajstić information content (AvgIpc) is 2.96. The van der Waals surface area contributed by atoms with Crippen LogP contribution >= 0.6 is 11.3 Å². The molecule has 0 aliphatic carbocycles. The van der Waals surface area contributed by atoms with Crippen LogP contribution in [0.3, 0.4) is 0 Å². The third kappa shape index (κ3) is 5.36. The smallest absolute Gasteiger partial charge is 0.193 e. The van der Waals surface area contributed by atoms with Gasteiger partial charge < -0.3 is 11.1 Å². The van der Waals surface area contributed by atoms with Crippen LogP contribution in [0.15, 0.2) is 34.6 Å². The summed E-state index contributed by atoms with van der Waals surface area (Å²) in [6.07, 6.45) is 1.82. The minimum absolute atomic E-state index is 0.100. The predicted molar refractivity (Wildman–Crippen MR) is 100 cm³/mol. The zero-order chi connectivity index (χ0) is 16.9. The van der Waals surface area contributed by atoms with Gasteiger partial charge >= 0.3 is 0 Å². The van der Waals surface area contributed by atoms with Crippen molar-refractivity contribution in [1.29, 1.82) is 0 Å². The lowest BCUT2D eigenvalue weighted by Gasteiger charge is -2.14. The molecule has 4 nitrogen and oxygen atoms in total. The maximum absolute atomic E-state index is 5.96. The van der Waals surface area contributed by atoms with Crippen LogP contribution in [-0.2, 0) is 18.3 Å². The van der Waals surface area contributed by atoms with Crippen molar-refractivity contribution in [2.75, 3.05) is 11.9 Å². The van der Waals surface area contributed by atoms with Gasteiger partial charge in [0.2, 0.25) is 0 Å². The van der Waals surface area contributed by atoms with Crippen LogP contribution in [0.2, 0.25) is 0 Å². The molecule has 3 N–H and O–H groups in total. The van der Waals surface area contributed by atoms with Crippen LogP contribution in [0.5, 0.6) is 0 Å². The van der Waals surface area contributed by atoms with E-state index >= 15 is 0 Å². The Labute approximate surface area is 142 Å². The lowest BCUT2D eigenvalue weighted by atomic mass is 9.93. The molecule has 0 unspecified atom stereocenters. The molecule has 0 amide bonds. The van der Waals surface area contributed by atoms with Crippen LogP contribution < -0.4 is 11.1 Å². The number of benzene rings is 1. The molecule has 2 aromatic rings. The Morgan fingerprint density at radius 2 is 2.13 bits per heavy atom. The van der Waals surface area contributed by atoms with Crippen molar-refractivity contribution in [3.63, 3.8) is 0 Å². The number of hydrogen-bond donors (Lipinski definition) is 2. The lowest BCUT2D eigenvalue weighted by molar-refractivity contribution is 0.571. The zero-order valence-corrected chi connectivity index (χ0v) is 15.2. The molecule has 0 saturated carbocycles. The molecule has 1 aromatic carbocycles. The Kier molecular flexibility index (Phi) is 5.77. The minimum atomic E-state index is 0.100. The number of nitrogens with two attached hydrogens (primary N) is 1. The predicted octanol–water partition coefficient (Wildman–Crippen LogP) is 3.97. The highest BCUT2D eigenvalue weighted by Gasteiger charge is 2.17. The van der Waals surface area contributed by atoms with Crippen molar-refractivity contribution in [1.82, 2.24) is 4.98 Å². The largest absolute Gasteiger partial charge is 0.370 e. The normalized spacial score (nSPS) is 12.4. The Hall–Kier alpha value is -1.88. The Balaban J connectivity index is 1.88. The number of aliphatic imine (C=N–C) groups is 1. The summed E-state index contributed by atoms with van der Waals surface area (Å²) >= 11 is 1.70. The van der Waals surface area contributed by atoms with Gasteiger partial charge in [-0.3, -0.25) is 4.99 Å². The van der Waals surface area contributed by atoms with E-state index in [0.717, 1.165) is 29.2 Å². The molecule has 1 heterocycles. The van der Waals surface area contributed by atoms with Crippen LogP contribution in [0, 0.1) is 0 Å². The molecule has 1 aromatic heterocycles. The van der Waals surface area contributed by atoms with E-state index in [2.05, 4.69) is 60.5 Å². The molecule has 2 rings (SSSR count). The third-order valence-electron chi connectivity index (χ3n) is 3.54. The third-order valence-corrected chi connectivity index (χ3v) is 4.44. The second-order valence-corrected chi connectivity index (χ2v) is 7.52. The molecule has 0 aliphatic heterocycles. The quantitative estimate of drug-likeness (QED) is 0.644. The number of anilines is 1. The van der Waals surface area contributed by atoms with Crippen molar-refractivity contribution in [2.45, 2.75) is 46.0 Å². The fourth-order valence-electron chi connectivity index (χ4n) is 2.10. The number of guanidine groups is 1. The van der Waals surface area contributed by atoms with Gasteiger partial charge in [0.1, 0.15) is 0 Å². The van der Waals surface area contributed by atoms with E-state index in [1.54, 1.807) is 11.3 Å². The van der Waals surface area contributed by atoms with E-state index in [0.29, 0.717) is 12.5 Å². The second kappa shape index (κ2) is 7.59. The first-order chi connectivity index (χ1) is 10.9. The number of aryl methyl sites for hydroxylation is 1. The Morgan fingerprint density at radius 1 is 1.35 bits per heavy atom. The molecule has 5 heteroatoms. The van der Waals surface area contributed by atoms with Crippen molar-refractivity contribution in [3.8, 4) is 0 Å². The SMILES string of the molecule is CCc1cccc(NC(N)=NCCc2nc(C(C)(C)C)cs2)c1. The summed E-state index contributed by atoms with van der Waals surface area (Å²) in [5.74, 6) is 0.450. The first kappa shape index (κ1) is 17.5. The zero-order valence-electron chi connectivity index (χ0n) is 14.4. The van der Waals surface area contributed by atoms with Gasteiger partial charge in [0.25, 0.3) is 0 Å². The van der Waals surface area contributed by atoms with E-state index in [1.807, 2.05) is 12.1 Å². The van der Waals surface area contributed by atoms with Crippen molar-refractivity contribution in [2.24, 2.45) is 10.7 Å². The van der Waals surface area contributed by atoms with Gasteiger partial charge in [-0.15, -0.1) is 11.3 Å². The Bertz CT molecular complexity index is 668. The van der Waals surface area contributed by atoms with E-state index in [-0.39, 0.29) is 5.41 Å². The summed E-state index contributed by atoms with van der Waals surface area (Å²) in [6.45, 7) is 9.31. The first-order valence-electron chi connectivity index (χ1n) is 7.99. The maximum atomic E-state index is 5.96. The molecule has 0 radical (unpaired) electrons. The molecular formula is C18H26N4S. The van der Waals surface area contributed by atoms with Gasteiger partial charge in [0.05, 0.1) is 10.7 Å². The number of aromatic nitrogens is 1. The molecule has 0 atom stereocenters. The topological polar surface area (TPSA) is 63.3 Å². The summed E-state index contributed by atoms with van der Waals surface area (Å²) in [5, 5.41) is 6.39. The summed E-state index contributed by atoms with van der Waals surface area (Å²) in [7, 11) is 0. The standard InChI is InChI=1S/C18H26N4S/c1-5-13-7-6-8-14(11-13)21-17(19)20-10-9-16-22-15(12-23-16)18(2,3)4/h6-8,11-12H,5,9-10H2,1-4H3,(H3,19,20,21). The van der Waals surface area contributed by atoms with Crippen LogP contribution in [0.1, 0.15) is 44.0 Å². The average molecular weight is 331 g/mol. The summed E-state index contributed by atoms with van der Waals surface area (Å²) in [4.78, 5) is 9.06. The number of thiazole rings is 1. The van der Waals surface area contributed by atoms with Crippen molar-refractivity contribution >= 4 is 23.0 Å². The fourth-order valence-corrected chi connectivity index (χ4v) is 3.11. The highest BCUT2D eigenvalue weighted by atomic mass is 32.1. The number of rotatable bonds is 5. The summed E-state index contributed by atoms with van der Waals surface area (Å²) < 4.78 is 0. The van der Waals surface area contributed by atoms with Gasteiger partial charge in [-0.1, -0.05) is 39.8 Å². The van der Waals surface area contributed by atoms with Crippen molar-refractivity contribution < 1.29 is 0 Å². The molecule has 23 heavy (non-hydrogen) atoms. The molecule has 0 aliphatic rings. The van der Waals surface area contributed by atoms with Crippen LogP contribution in [-0.4, -0.2) is 17.5 Å². The van der Waals surface area contributed by atoms with E-state index < -0.39 is 0 Å². The number of nitrogens with zero attached hydrogens (tertiary/aromatic N) is 2. The summed E-state index contributed by atoms with van der Waals surface area (Å²) in [5.41, 5.74) is 9.46. The maximum Gasteiger partial charge on any atom is 0.193 e. The van der Waals surface area contributed by atoms with Gasteiger partial charge in [-0.05, 0) is 24.1 Å². The van der Waals surface area contributed by atoms with Gasteiger partial charge in [0, 0.05) is 29.4 Å². The van der Waals surface area contributed by atoms with Gasteiger partial charge in [-0.25, -0.2) is 4.98 Å². The highest BCUT2D eigenvalue weighted by Crippen LogP contribution is 2.24. The van der Waals surface area contributed by atoms with Crippen LogP contribution in [0.25, 0.3) is 0 Å². The van der Waals surface area contributed by atoms with Crippen molar-refractivity contribution in [3.05, 3.63) is 45.9 Å². The van der Waals surface area contributed by atoms with E-state index in [4.69, 9.17) is 5.73 Å². The molecule has 124 valence electrons. The number of hydrogen-bond acceptors (Lipinski definition) is 3. The monoisotopic (exact) mass is 330 g/mol. The van der Waals surface area contributed by atoms with E-state index in [1.165, 1.54) is 5.56 Å². The van der Waals surface area contributed by atoms with Gasteiger partial charge in [0.15, 0.2) is 5.96 Å². The molecule has 0 spiro atoms. The van der Waals surface area contributed by atoms with Gasteiger partial charge in [-0.2, -0.15) is 0 Å². The Morgan fingerprint density at radius 3 is 2.78 bits per heavy atom. The summed E-state index contributed by atoms with van der Waals surface area (Å²) in [6, 6.07) is 8.22. The molecular weight excluding hydrogens is 304 g/mol. The molecule has 0 fully saturated rings. The minimum Gasteiger partial charge on any atom is -0.370 e.